The van der Waals surface area contributed by atoms with E-state index in [1.807, 2.05) is 0 Å². The Morgan fingerprint density at radius 2 is 1.83 bits per heavy atom. The van der Waals surface area contributed by atoms with Gasteiger partial charge in [-0.05, 0) is 97.7 Å². The molecule has 35 heavy (non-hydrogen) atoms. The average Bonchev–Trinajstić information content (AvgIpc) is 3.45. The van der Waals surface area contributed by atoms with Gasteiger partial charge in [-0.1, -0.05) is 41.0 Å². The molecule has 5 rings (SSSR count). The number of hydrogen-bond donors (Lipinski definition) is 2. The van der Waals surface area contributed by atoms with E-state index >= 15 is 0 Å². The lowest BCUT2D eigenvalue weighted by atomic mass is 9.52. The topological polar surface area (TPSA) is 67.8 Å². The Balaban J connectivity index is 1.44. The molecule has 10 atom stereocenters. The van der Waals surface area contributed by atoms with Crippen LogP contribution in [0.3, 0.4) is 0 Å². The Labute approximate surface area is 213 Å². The van der Waals surface area contributed by atoms with Gasteiger partial charge in [0.2, 0.25) is 0 Å². The third-order valence-electron chi connectivity index (χ3n) is 12.3. The van der Waals surface area contributed by atoms with Crippen molar-refractivity contribution in [2.45, 2.75) is 130 Å². The van der Waals surface area contributed by atoms with E-state index in [1.54, 1.807) is 0 Å². The minimum atomic E-state index is -0.420. The molecule has 3 aliphatic carbocycles. The van der Waals surface area contributed by atoms with Crippen molar-refractivity contribution in [2.24, 2.45) is 39.4 Å². The van der Waals surface area contributed by atoms with E-state index in [-0.39, 0.29) is 29.0 Å². The molecule has 0 aromatic heterocycles. The number of rotatable bonds is 3. The molecule has 0 aromatic carbocycles. The van der Waals surface area contributed by atoms with Crippen LogP contribution < -0.4 is 5.32 Å². The van der Waals surface area contributed by atoms with Crippen molar-refractivity contribution < 1.29 is 19.4 Å². The van der Waals surface area contributed by atoms with Gasteiger partial charge >= 0.3 is 5.97 Å². The average molecular weight is 490 g/mol. The molecule has 2 saturated heterocycles. The van der Waals surface area contributed by atoms with E-state index in [0.29, 0.717) is 41.2 Å². The zero-order chi connectivity index (χ0) is 25.4. The Kier molecular flexibility index (Phi) is 6.26. The molecule has 3 saturated carbocycles. The largest absolute Gasteiger partial charge is 0.463 e. The molecule has 5 heteroatoms. The smallest absolute Gasteiger partial charge is 0.302 e. The first kappa shape index (κ1) is 26.0. The molecular formula is C30H51NO4. The molecule has 5 nitrogen and oxygen atoms in total. The van der Waals surface area contributed by atoms with E-state index in [1.165, 1.54) is 51.9 Å². The van der Waals surface area contributed by atoms with Crippen LogP contribution in [0.15, 0.2) is 0 Å². The maximum Gasteiger partial charge on any atom is 0.302 e. The van der Waals surface area contributed by atoms with Gasteiger partial charge in [-0.25, -0.2) is 0 Å². The number of nitrogens with one attached hydrogen (secondary N) is 1. The predicted molar refractivity (Wildman–Crippen MR) is 138 cm³/mol. The van der Waals surface area contributed by atoms with Crippen molar-refractivity contribution in [2.75, 3.05) is 13.2 Å². The Morgan fingerprint density at radius 1 is 1.09 bits per heavy atom. The van der Waals surface area contributed by atoms with E-state index in [0.717, 1.165) is 19.4 Å². The first-order chi connectivity index (χ1) is 16.3. The standard InChI is InChI=1S/C30H51NO4/c1-8-27(6)13-14-30-17-29(30)12-11-24(33)26(4,5)22(29)9-10-23(30)31-16-21-25(27)19(2)15-28(7,35-21)18-34-20(3)32/h19,21-25,31,33H,8-18H2,1-7H3/t19-,21?,22?,23-,24+,25?,27-,28-,29-,30+/m1/s1. The van der Waals surface area contributed by atoms with Crippen molar-refractivity contribution in [3.63, 3.8) is 0 Å². The number of esters is 1. The van der Waals surface area contributed by atoms with Crippen LogP contribution in [-0.2, 0) is 14.3 Å². The van der Waals surface area contributed by atoms with Gasteiger partial charge < -0.3 is 19.9 Å². The normalized spacial score (nSPS) is 52.9. The van der Waals surface area contributed by atoms with Crippen molar-refractivity contribution >= 4 is 5.97 Å². The van der Waals surface area contributed by atoms with Crippen LogP contribution in [0.1, 0.15) is 106 Å². The lowest BCUT2D eigenvalue weighted by Gasteiger charge is -2.54. The highest BCUT2D eigenvalue weighted by molar-refractivity contribution is 5.65. The van der Waals surface area contributed by atoms with Crippen LogP contribution in [0.5, 0.6) is 0 Å². The van der Waals surface area contributed by atoms with Crippen molar-refractivity contribution in [1.82, 2.24) is 5.32 Å². The highest BCUT2D eigenvalue weighted by Crippen LogP contribution is 2.81. The van der Waals surface area contributed by atoms with Gasteiger partial charge in [-0.2, -0.15) is 0 Å². The summed E-state index contributed by atoms with van der Waals surface area (Å²) >= 11 is 0. The summed E-state index contributed by atoms with van der Waals surface area (Å²) < 4.78 is 12.4. The van der Waals surface area contributed by atoms with Gasteiger partial charge in [0.15, 0.2) is 0 Å². The van der Waals surface area contributed by atoms with Crippen LogP contribution in [0, 0.1) is 39.4 Å². The predicted octanol–water partition coefficient (Wildman–Crippen LogP) is 5.49. The number of ether oxygens (including phenoxy) is 2. The summed E-state index contributed by atoms with van der Waals surface area (Å²) in [4.78, 5) is 11.6. The monoisotopic (exact) mass is 489 g/mol. The zero-order valence-corrected chi connectivity index (χ0v) is 23.4. The molecule has 2 N–H and O–H groups in total. The number of hydrogen-bond acceptors (Lipinski definition) is 5. The molecule has 0 aromatic rings. The van der Waals surface area contributed by atoms with E-state index in [9.17, 15) is 9.90 Å². The Hall–Kier alpha value is -0.650. The molecule has 0 bridgehead atoms. The Bertz CT molecular complexity index is 844. The summed E-state index contributed by atoms with van der Waals surface area (Å²) in [5.74, 6) is 1.42. The molecule has 5 fully saturated rings. The van der Waals surface area contributed by atoms with Gasteiger partial charge in [0.05, 0.1) is 12.2 Å². The number of carbonyl (C=O) groups excluding carboxylic acids is 1. The van der Waals surface area contributed by atoms with Gasteiger partial charge in [0.25, 0.3) is 0 Å². The SMILES string of the molecule is CC[C@]1(C)CC[C@@]23C[C@@]24CC[C@H](O)C(C)(C)C4CC[C@H]3NCC2O[C@@](C)(COC(C)=O)C[C@@H](C)C21. The lowest BCUT2D eigenvalue weighted by molar-refractivity contribution is -0.208. The fraction of sp³-hybridized carbons (Fsp3) is 0.967. The van der Waals surface area contributed by atoms with E-state index in [2.05, 4.69) is 46.9 Å². The van der Waals surface area contributed by atoms with E-state index < -0.39 is 5.60 Å². The summed E-state index contributed by atoms with van der Waals surface area (Å²) in [6, 6.07) is 0.546. The van der Waals surface area contributed by atoms with Crippen LogP contribution in [0.4, 0.5) is 0 Å². The van der Waals surface area contributed by atoms with Crippen molar-refractivity contribution in [3.8, 4) is 0 Å². The van der Waals surface area contributed by atoms with Crippen LogP contribution >= 0.6 is 0 Å². The summed E-state index contributed by atoms with van der Waals surface area (Å²) in [6.45, 7) is 16.8. The Morgan fingerprint density at radius 3 is 2.51 bits per heavy atom. The summed E-state index contributed by atoms with van der Waals surface area (Å²) in [5, 5.41) is 15.0. The molecular weight excluding hydrogens is 438 g/mol. The summed E-state index contributed by atoms with van der Waals surface area (Å²) in [7, 11) is 0. The second-order valence-electron chi connectivity index (χ2n) is 14.6. The minimum Gasteiger partial charge on any atom is -0.463 e. The number of aliphatic hydroxyl groups excluding tert-OH is 1. The first-order valence-corrected chi connectivity index (χ1v) is 14.6. The molecule has 5 aliphatic rings. The third kappa shape index (κ3) is 3.84. The molecule has 2 heterocycles. The molecule has 2 aliphatic heterocycles. The highest BCUT2D eigenvalue weighted by Gasteiger charge is 2.77. The van der Waals surface area contributed by atoms with Crippen LogP contribution in [-0.4, -0.2) is 48.1 Å². The van der Waals surface area contributed by atoms with Gasteiger partial charge in [0.1, 0.15) is 12.2 Å². The molecule has 0 radical (unpaired) electrons. The number of aliphatic hydroxyl groups is 1. The van der Waals surface area contributed by atoms with Gasteiger partial charge in [0, 0.05) is 19.5 Å². The maximum absolute atomic E-state index is 11.6. The van der Waals surface area contributed by atoms with Gasteiger partial charge in [-0.3, -0.25) is 4.79 Å². The minimum absolute atomic E-state index is 0.0172. The molecule has 3 unspecified atom stereocenters. The summed E-state index contributed by atoms with van der Waals surface area (Å²) in [5.41, 5.74) is 0.617. The number of carbonyl (C=O) groups is 1. The van der Waals surface area contributed by atoms with E-state index in [4.69, 9.17) is 9.47 Å². The van der Waals surface area contributed by atoms with Crippen LogP contribution in [0.25, 0.3) is 0 Å². The van der Waals surface area contributed by atoms with Crippen LogP contribution in [0.2, 0.25) is 0 Å². The molecule has 200 valence electrons. The molecule has 0 amide bonds. The second-order valence-corrected chi connectivity index (χ2v) is 14.6. The second kappa shape index (κ2) is 8.43. The highest BCUT2D eigenvalue weighted by atomic mass is 16.6. The summed E-state index contributed by atoms with van der Waals surface area (Å²) in [6.07, 6.45) is 10.6. The van der Waals surface area contributed by atoms with Crippen molar-refractivity contribution in [3.05, 3.63) is 0 Å². The van der Waals surface area contributed by atoms with Gasteiger partial charge in [-0.15, -0.1) is 0 Å². The maximum atomic E-state index is 11.6. The third-order valence-corrected chi connectivity index (χ3v) is 12.3. The zero-order valence-electron chi connectivity index (χ0n) is 23.4. The van der Waals surface area contributed by atoms with Crippen molar-refractivity contribution in [1.29, 1.82) is 0 Å². The quantitative estimate of drug-likeness (QED) is 0.514. The lowest BCUT2D eigenvalue weighted by Crippen LogP contribution is -2.58. The fourth-order valence-corrected chi connectivity index (χ4v) is 10.4. The molecule has 2 spiro atoms. The number of fused-ring (bicyclic) bond motifs is 1. The fourth-order valence-electron chi connectivity index (χ4n) is 10.4. The first-order valence-electron chi connectivity index (χ1n) is 14.6.